The molecule has 0 amide bonds. The fourth-order valence-corrected chi connectivity index (χ4v) is 2.59. The van der Waals surface area contributed by atoms with Gasteiger partial charge >= 0.3 is 0 Å². The Morgan fingerprint density at radius 2 is 1.92 bits per heavy atom. The fraction of sp³-hybridized carbons (Fsp3) is 0.235. The Bertz CT molecular complexity index is 856. The number of hydrogen-bond acceptors (Lipinski definition) is 4. The van der Waals surface area contributed by atoms with Crippen molar-refractivity contribution in [1.82, 2.24) is 19.6 Å². The van der Waals surface area contributed by atoms with Crippen molar-refractivity contribution in [3.8, 4) is 5.75 Å². The predicted octanol–water partition coefficient (Wildman–Crippen LogP) is 2.97. The van der Waals surface area contributed by atoms with Crippen LogP contribution in [0.3, 0.4) is 0 Å². The number of thiocarbonyl (C=S) groups is 1. The number of aromatic nitrogens is 4. The van der Waals surface area contributed by atoms with Crippen molar-refractivity contribution in [3.63, 3.8) is 0 Å². The molecule has 8 heteroatoms. The maximum Gasteiger partial charge on any atom is 0.175 e. The van der Waals surface area contributed by atoms with E-state index in [0.717, 1.165) is 29.2 Å². The molecule has 130 valence electrons. The monoisotopic (exact) mass is 356 g/mol. The summed E-state index contributed by atoms with van der Waals surface area (Å²) in [5.41, 5.74) is 2.79. The average molecular weight is 356 g/mol. The molecule has 7 nitrogen and oxygen atoms in total. The van der Waals surface area contributed by atoms with Crippen LogP contribution in [0.2, 0.25) is 0 Å². The van der Waals surface area contributed by atoms with E-state index in [-0.39, 0.29) is 0 Å². The van der Waals surface area contributed by atoms with E-state index in [1.807, 2.05) is 52.2 Å². The quantitative estimate of drug-likeness (QED) is 0.662. The van der Waals surface area contributed by atoms with E-state index in [0.29, 0.717) is 11.7 Å². The van der Waals surface area contributed by atoms with Crippen LogP contribution in [-0.4, -0.2) is 31.8 Å². The maximum absolute atomic E-state index is 5.34. The van der Waals surface area contributed by atoms with Crippen LogP contribution in [0.5, 0.6) is 5.75 Å². The molecule has 0 unspecified atom stereocenters. The van der Waals surface area contributed by atoms with E-state index in [4.69, 9.17) is 17.0 Å². The van der Waals surface area contributed by atoms with Gasteiger partial charge in [0, 0.05) is 36.3 Å². The van der Waals surface area contributed by atoms with Gasteiger partial charge in [0.2, 0.25) is 0 Å². The standard InChI is InChI=1S/C17H20N6OS/c1-3-22-10-13(8-18-22)11-23-12-15(9-19-23)21-17(25)20-14-5-4-6-16(7-14)24-2/h4-10,12H,3,11H2,1-2H3,(H2,20,21,25). The van der Waals surface area contributed by atoms with E-state index < -0.39 is 0 Å². The van der Waals surface area contributed by atoms with Crippen molar-refractivity contribution in [1.29, 1.82) is 0 Å². The zero-order valence-electron chi connectivity index (χ0n) is 14.1. The molecule has 0 spiro atoms. The molecular formula is C17H20N6OS. The first-order valence-electron chi connectivity index (χ1n) is 7.92. The summed E-state index contributed by atoms with van der Waals surface area (Å²) in [7, 11) is 1.63. The minimum atomic E-state index is 0.492. The lowest BCUT2D eigenvalue weighted by Crippen LogP contribution is -2.18. The Labute approximate surface area is 151 Å². The van der Waals surface area contributed by atoms with Gasteiger partial charge in [-0.05, 0) is 31.3 Å². The van der Waals surface area contributed by atoms with Crippen LogP contribution in [0, 0.1) is 0 Å². The lowest BCUT2D eigenvalue weighted by atomic mass is 10.3. The summed E-state index contributed by atoms with van der Waals surface area (Å²) in [6, 6.07) is 7.58. The second kappa shape index (κ2) is 7.80. The molecule has 2 N–H and O–H groups in total. The summed E-state index contributed by atoms with van der Waals surface area (Å²) in [4.78, 5) is 0. The third-order valence-corrected chi connectivity index (χ3v) is 3.78. The van der Waals surface area contributed by atoms with E-state index in [1.54, 1.807) is 13.3 Å². The Kier molecular flexibility index (Phi) is 5.30. The van der Waals surface area contributed by atoms with E-state index in [2.05, 4.69) is 27.8 Å². The summed E-state index contributed by atoms with van der Waals surface area (Å²) in [5, 5.41) is 15.4. The highest BCUT2D eigenvalue weighted by Gasteiger charge is 2.04. The molecule has 0 atom stereocenters. The van der Waals surface area contributed by atoms with Crippen LogP contribution in [0.1, 0.15) is 12.5 Å². The summed E-state index contributed by atoms with van der Waals surface area (Å²) < 4.78 is 8.94. The van der Waals surface area contributed by atoms with Gasteiger partial charge in [0.05, 0.1) is 31.7 Å². The second-order valence-corrected chi connectivity index (χ2v) is 5.85. The van der Waals surface area contributed by atoms with Crippen molar-refractivity contribution in [2.45, 2.75) is 20.0 Å². The maximum atomic E-state index is 5.34. The number of benzene rings is 1. The number of aryl methyl sites for hydroxylation is 1. The van der Waals surface area contributed by atoms with Crippen molar-refractivity contribution in [2.75, 3.05) is 17.7 Å². The molecule has 25 heavy (non-hydrogen) atoms. The van der Waals surface area contributed by atoms with Crippen LogP contribution >= 0.6 is 12.2 Å². The highest BCUT2D eigenvalue weighted by Crippen LogP contribution is 2.17. The lowest BCUT2D eigenvalue weighted by molar-refractivity contribution is 0.415. The fourth-order valence-electron chi connectivity index (χ4n) is 2.36. The first-order valence-corrected chi connectivity index (χ1v) is 8.33. The zero-order chi connectivity index (χ0) is 17.6. The Morgan fingerprint density at radius 1 is 1.12 bits per heavy atom. The minimum absolute atomic E-state index is 0.492. The van der Waals surface area contributed by atoms with Gasteiger partial charge in [-0.3, -0.25) is 9.36 Å². The van der Waals surface area contributed by atoms with Crippen molar-refractivity contribution in [3.05, 3.63) is 54.6 Å². The molecule has 0 bridgehead atoms. The minimum Gasteiger partial charge on any atom is -0.497 e. The molecule has 2 aromatic heterocycles. The lowest BCUT2D eigenvalue weighted by Gasteiger charge is -2.09. The highest BCUT2D eigenvalue weighted by molar-refractivity contribution is 7.80. The van der Waals surface area contributed by atoms with E-state index >= 15 is 0 Å². The molecule has 3 rings (SSSR count). The third kappa shape index (κ3) is 4.57. The molecule has 0 saturated carbocycles. The topological polar surface area (TPSA) is 68.9 Å². The van der Waals surface area contributed by atoms with E-state index in [9.17, 15) is 0 Å². The SMILES string of the molecule is CCn1cc(Cn2cc(NC(=S)Nc3cccc(OC)c3)cn2)cn1. The smallest absolute Gasteiger partial charge is 0.175 e. The van der Waals surface area contributed by atoms with Crippen LogP contribution in [0.4, 0.5) is 11.4 Å². The molecule has 2 heterocycles. The third-order valence-electron chi connectivity index (χ3n) is 3.57. The van der Waals surface area contributed by atoms with Gasteiger partial charge in [0.25, 0.3) is 0 Å². The number of nitrogens with zero attached hydrogens (tertiary/aromatic N) is 4. The Morgan fingerprint density at radius 3 is 2.68 bits per heavy atom. The summed E-state index contributed by atoms with van der Waals surface area (Å²) in [5.74, 6) is 0.772. The molecule has 0 fully saturated rings. The Balaban J connectivity index is 1.57. The van der Waals surface area contributed by atoms with Gasteiger partial charge in [0.1, 0.15) is 5.75 Å². The normalized spacial score (nSPS) is 10.5. The van der Waals surface area contributed by atoms with Crippen LogP contribution in [0.25, 0.3) is 0 Å². The summed E-state index contributed by atoms with van der Waals surface area (Å²) >= 11 is 5.34. The molecule has 0 radical (unpaired) electrons. The molecule has 0 aliphatic rings. The van der Waals surface area contributed by atoms with Crippen molar-refractivity contribution >= 4 is 28.7 Å². The van der Waals surface area contributed by atoms with Crippen molar-refractivity contribution in [2.24, 2.45) is 0 Å². The molecule has 0 saturated heterocycles. The molecule has 1 aromatic carbocycles. The van der Waals surface area contributed by atoms with Gasteiger partial charge < -0.3 is 15.4 Å². The van der Waals surface area contributed by atoms with Crippen LogP contribution in [0.15, 0.2) is 49.1 Å². The molecular weight excluding hydrogens is 336 g/mol. The molecule has 3 aromatic rings. The summed E-state index contributed by atoms with van der Waals surface area (Å²) in [6.07, 6.45) is 7.52. The number of hydrogen-bond donors (Lipinski definition) is 2. The second-order valence-electron chi connectivity index (χ2n) is 5.44. The molecule has 0 aliphatic carbocycles. The van der Waals surface area contributed by atoms with Gasteiger partial charge in [-0.15, -0.1) is 0 Å². The predicted molar refractivity (Wildman–Crippen MR) is 102 cm³/mol. The summed E-state index contributed by atoms with van der Waals surface area (Å²) in [6.45, 7) is 3.58. The van der Waals surface area contributed by atoms with Gasteiger partial charge in [0.15, 0.2) is 5.11 Å². The van der Waals surface area contributed by atoms with E-state index in [1.165, 1.54) is 0 Å². The van der Waals surface area contributed by atoms with Gasteiger partial charge in [-0.2, -0.15) is 10.2 Å². The number of rotatable bonds is 6. The first kappa shape index (κ1) is 17.0. The number of nitrogens with one attached hydrogen (secondary N) is 2. The average Bonchev–Trinajstić information content (AvgIpc) is 3.24. The largest absolute Gasteiger partial charge is 0.497 e. The number of anilines is 2. The van der Waals surface area contributed by atoms with Crippen LogP contribution in [-0.2, 0) is 13.1 Å². The van der Waals surface area contributed by atoms with Gasteiger partial charge in [-0.25, -0.2) is 0 Å². The molecule has 0 aliphatic heterocycles. The van der Waals surface area contributed by atoms with Crippen molar-refractivity contribution < 1.29 is 4.74 Å². The first-order chi connectivity index (χ1) is 12.2. The van der Waals surface area contributed by atoms with Crippen LogP contribution < -0.4 is 15.4 Å². The van der Waals surface area contributed by atoms with Gasteiger partial charge in [-0.1, -0.05) is 6.07 Å². The number of ether oxygens (including phenoxy) is 1. The number of methoxy groups -OCH3 is 1. The zero-order valence-corrected chi connectivity index (χ0v) is 15.0. The Hall–Kier alpha value is -2.87. The highest BCUT2D eigenvalue weighted by atomic mass is 32.1.